The van der Waals surface area contributed by atoms with Gasteiger partial charge in [0.25, 0.3) is 0 Å². The summed E-state index contributed by atoms with van der Waals surface area (Å²) in [5.74, 6) is 1.02. The zero-order valence-electron chi connectivity index (χ0n) is 16.0. The van der Waals surface area contributed by atoms with Crippen LogP contribution in [0.3, 0.4) is 0 Å². The number of rotatable bonds is 6. The fourth-order valence-electron chi connectivity index (χ4n) is 5.08. The van der Waals surface area contributed by atoms with E-state index in [1.807, 2.05) is 22.8 Å². The number of para-hydroxylation sites is 2. The van der Waals surface area contributed by atoms with Crippen LogP contribution in [0.1, 0.15) is 70.3 Å². The number of piperidine rings is 1. The van der Waals surface area contributed by atoms with E-state index < -0.39 is 0 Å². The van der Waals surface area contributed by atoms with Crippen molar-refractivity contribution in [2.75, 3.05) is 19.6 Å². The van der Waals surface area contributed by atoms with Gasteiger partial charge in [-0.3, -0.25) is 4.57 Å². The van der Waals surface area contributed by atoms with E-state index in [1.165, 1.54) is 57.9 Å². The average molecular weight is 356 g/mol. The summed E-state index contributed by atoms with van der Waals surface area (Å²) in [7, 11) is 0. The summed E-state index contributed by atoms with van der Waals surface area (Å²) < 4.78 is 2.00. The molecule has 0 bridgehead atoms. The predicted molar refractivity (Wildman–Crippen MR) is 108 cm³/mol. The average Bonchev–Trinajstić information content (AvgIpc) is 3.02. The predicted octanol–water partition coefficient (Wildman–Crippen LogP) is 4.72. The van der Waals surface area contributed by atoms with Gasteiger partial charge >= 0.3 is 5.69 Å². The molecule has 1 saturated heterocycles. The Morgan fingerprint density at radius 3 is 2.54 bits per heavy atom. The Morgan fingerprint density at radius 1 is 0.962 bits per heavy atom. The van der Waals surface area contributed by atoms with Gasteiger partial charge in [0.1, 0.15) is 0 Å². The molecule has 1 N–H and O–H groups in total. The number of likely N-dealkylation sites (tertiary alicyclic amines) is 1. The van der Waals surface area contributed by atoms with E-state index >= 15 is 0 Å². The topological polar surface area (TPSA) is 41.0 Å². The maximum Gasteiger partial charge on any atom is 0.326 e. The first kappa shape index (κ1) is 17.8. The lowest BCUT2D eigenvalue weighted by molar-refractivity contribution is 0.182. The summed E-state index contributed by atoms with van der Waals surface area (Å²) in [5.41, 5.74) is 2.07. The molecule has 26 heavy (non-hydrogen) atoms. The number of imidazole rings is 1. The lowest BCUT2D eigenvalue weighted by Gasteiger charge is -2.32. The molecule has 0 unspecified atom stereocenters. The van der Waals surface area contributed by atoms with Crippen molar-refractivity contribution < 1.29 is 0 Å². The second-order valence-electron chi connectivity index (χ2n) is 8.39. The molecule has 2 aliphatic rings. The van der Waals surface area contributed by atoms with Crippen molar-refractivity contribution in [2.24, 2.45) is 5.92 Å². The third kappa shape index (κ3) is 4.06. The molecular weight excluding hydrogens is 322 g/mol. The standard InChI is InChI=1S/C22H33N3O/c26-22-23-20-11-4-5-12-21(20)25(22)19-13-16-24(17-14-19)15-7-6-10-18-8-2-1-3-9-18/h4-5,11-12,18-19H,1-3,6-10,13-17H2,(H,23,26). The molecule has 1 aliphatic carbocycles. The van der Waals surface area contributed by atoms with Gasteiger partial charge in [-0.05, 0) is 43.9 Å². The Balaban J connectivity index is 1.24. The summed E-state index contributed by atoms with van der Waals surface area (Å²) in [6.45, 7) is 3.49. The number of benzene rings is 1. The number of hydrogen-bond donors (Lipinski definition) is 1. The SMILES string of the molecule is O=c1[nH]c2ccccc2n1C1CCN(CCCCC2CCCCC2)CC1. The van der Waals surface area contributed by atoms with Gasteiger partial charge in [0.2, 0.25) is 0 Å². The first-order valence-electron chi connectivity index (χ1n) is 10.7. The minimum absolute atomic E-state index is 0.0529. The Morgan fingerprint density at radius 2 is 1.73 bits per heavy atom. The Hall–Kier alpha value is -1.55. The number of hydrogen-bond acceptors (Lipinski definition) is 2. The normalized spacial score (nSPS) is 20.8. The molecule has 1 saturated carbocycles. The number of fused-ring (bicyclic) bond motifs is 1. The van der Waals surface area contributed by atoms with Crippen molar-refractivity contribution >= 4 is 11.0 Å². The van der Waals surface area contributed by atoms with Crippen molar-refractivity contribution in [3.8, 4) is 0 Å². The van der Waals surface area contributed by atoms with E-state index in [0.29, 0.717) is 6.04 Å². The van der Waals surface area contributed by atoms with Gasteiger partial charge in [0.05, 0.1) is 11.0 Å². The van der Waals surface area contributed by atoms with Crippen LogP contribution in [-0.4, -0.2) is 34.1 Å². The van der Waals surface area contributed by atoms with Crippen molar-refractivity contribution in [3.05, 3.63) is 34.7 Å². The lowest BCUT2D eigenvalue weighted by atomic mass is 9.86. The van der Waals surface area contributed by atoms with Gasteiger partial charge in [0.15, 0.2) is 0 Å². The molecule has 1 aromatic carbocycles. The van der Waals surface area contributed by atoms with E-state index in [0.717, 1.165) is 42.9 Å². The quantitative estimate of drug-likeness (QED) is 0.762. The molecule has 1 aliphatic heterocycles. The molecule has 2 heterocycles. The summed E-state index contributed by atoms with van der Waals surface area (Å²) in [5, 5.41) is 0. The van der Waals surface area contributed by atoms with E-state index in [9.17, 15) is 4.79 Å². The number of aromatic nitrogens is 2. The summed E-state index contributed by atoms with van der Waals surface area (Å²) in [6.07, 6.45) is 13.7. The highest BCUT2D eigenvalue weighted by Gasteiger charge is 2.23. The van der Waals surface area contributed by atoms with E-state index in [-0.39, 0.29) is 5.69 Å². The van der Waals surface area contributed by atoms with Crippen LogP contribution in [0.2, 0.25) is 0 Å². The van der Waals surface area contributed by atoms with Gasteiger partial charge in [-0.2, -0.15) is 0 Å². The molecule has 2 aromatic rings. The molecule has 1 aromatic heterocycles. The minimum Gasteiger partial charge on any atom is -0.306 e. The summed E-state index contributed by atoms with van der Waals surface area (Å²) >= 11 is 0. The number of aromatic amines is 1. The van der Waals surface area contributed by atoms with Gasteiger partial charge in [-0.1, -0.05) is 57.1 Å². The molecule has 0 spiro atoms. The number of nitrogens with zero attached hydrogens (tertiary/aromatic N) is 2. The van der Waals surface area contributed by atoms with Crippen molar-refractivity contribution in [1.29, 1.82) is 0 Å². The summed E-state index contributed by atoms with van der Waals surface area (Å²) in [6, 6.07) is 8.41. The van der Waals surface area contributed by atoms with Crippen molar-refractivity contribution in [3.63, 3.8) is 0 Å². The highest BCUT2D eigenvalue weighted by Crippen LogP contribution is 2.28. The Labute approximate surface area is 156 Å². The van der Waals surface area contributed by atoms with Crippen LogP contribution in [0, 0.1) is 5.92 Å². The Bertz CT molecular complexity index is 748. The molecule has 142 valence electrons. The molecule has 0 radical (unpaired) electrons. The molecule has 4 rings (SSSR count). The third-order valence-corrected chi connectivity index (χ3v) is 6.61. The second kappa shape index (κ2) is 8.43. The Kier molecular flexibility index (Phi) is 5.78. The van der Waals surface area contributed by atoms with Gasteiger partial charge < -0.3 is 9.88 Å². The lowest BCUT2D eigenvalue weighted by Crippen LogP contribution is -2.37. The van der Waals surface area contributed by atoms with Crippen LogP contribution in [0.5, 0.6) is 0 Å². The molecule has 0 atom stereocenters. The molecular formula is C22H33N3O. The minimum atomic E-state index is 0.0529. The molecule has 4 nitrogen and oxygen atoms in total. The van der Waals surface area contributed by atoms with Crippen LogP contribution >= 0.6 is 0 Å². The highest BCUT2D eigenvalue weighted by molar-refractivity contribution is 5.75. The van der Waals surface area contributed by atoms with E-state index in [4.69, 9.17) is 0 Å². The highest BCUT2D eigenvalue weighted by atomic mass is 16.1. The monoisotopic (exact) mass is 355 g/mol. The van der Waals surface area contributed by atoms with Crippen molar-refractivity contribution in [1.82, 2.24) is 14.5 Å². The smallest absolute Gasteiger partial charge is 0.306 e. The third-order valence-electron chi connectivity index (χ3n) is 6.61. The number of H-pyrrole nitrogens is 1. The van der Waals surface area contributed by atoms with Crippen LogP contribution in [0.25, 0.3) is 11.0 Å². The first-order chi connectivity index (χ1) is 12.8. The van der Waals surface area contributed by atoms with E-state index in [1.54, 1.807) is 0 Å². The van der Waals surface area contributed by atoms with Crippen LogP contribution in [0.4, 0.5) is 0 Å². The van der Waals surface area contributed by atoms with Gasteiger partial charge in [-0.25, -0.2) is 4.79 Å². The molecule has 2 fully saturated rings. The van der Waals surface area contributed by atoms with Crippen LogP contribution in [-0.2, 0) is 0 Å². The molecule has 4 heteroatoms. The van der Waals surface area contributed by atoms with Gasteiger partial charge in [0, 0.05) is 19.1 Å². The zero-order valence-corrected chi connectivity index (χ0v) is 16.0. The molecule has 0 amide bonds. The maximum atomic E-state index is 12.4. The summed E-state index contributed by atoms with van der Waals surface area (Å²) in [4.78, 5) is 18.0. The maximum absolute atomic E-state index is 12.4. The number of nitrogens with one attached hydrogen (secondary N) is 1. The first-order valence-corrected chi connectivity index (χ1v) is 10.7. The van der Waals surface area contributed by atoms with Crippen molar-refractivity contribution in [2.45, 2.75) is 70.3 Å². The van der Waals surface area contributed by atoms with Crippen LogP contribution in [0.15, 0.2) is 29.1 Å². The second-order valence-corrected chi connectivity index (χ2v) is 8.39. The zero-order chi connectivity index (χ0) is 17.8. The largest absolute Gasteiger partial charge is 0.326 e. The van der Waals surface area contributed by atoms with E-state index in [2.05, 4.69) is 16.0 Å². The fraction of sp³-hybridized carbons (Fsp3) is 0.682. The number of unbranched alkanes of at least 4 members (excludes halogenated alkanes) is 1. The fourth-order valence-corrected chi connectivity index (χ4v) is 5.08. The van der Waals surface area contributed by atoms with Gasteiger partial charge in [-0.15, -0.1) is 0 Å². The van der Waals surface area contributed by atoms with Crippen LogP contribution < -0.4 is 5.69 Å².